The van der Waals surface area contributed by atoms with Crippen molar-refractivity contribution in [3.8, 4) is 0 Å². The molecule has 236 valence electrons. The van der Waals surface area contributed by atoms with Crippen LogP contribution in [0.1, 0.15) is 66.7 Å². The van der Waals surface area contributed by atoms with Gasteiger partial charge in [-0.3, -0.25) is 9.59 Å². The van der Waals surface area contributed by atoms with Crippen molar-refractivity contribution in [2.75, 3.05) is 27.3 Å². The third-order valence-electron chi connectivity index (χ3n) is 8.54. The summed E-state index contributed by atoms with van der Waals surface area (Å²) in [7, 11) is 3.76. The van der Waals surface area contributed by atoms with Crippen LogP contribution in [0.15, 0.2) is 23.8 Å². The Morgan fingerprint density at radius 3 is 2.34 bits per heavy atom. The van der Waals surface area contributed by atoms with E-state index in [-0.39, 0.29) is 49.9 Å². The first-order valence-electron chi connectivity index (χ1n) is 15.0. The van der Waals surface area contributed by atoms with Crippen molar-refractivity contribution in [1.82, 2.24) is 4.90 Å². The molecule has 1 saturated heterocycles. The zero-order valence-electron chi connectivity index (χ0n) is 25.8. The SMILES string of the molecule is CCC1OC(=O)CC(O)C(C)C(OC2OC(C)CC(N(C)C)C2O)C(CCO)CC(C)C(=O)C=CC(C)=CC1CO. The lowest BCUT2D eigenvalue weighted by Gasteiger charge is -2.44. The molecule has 4 N–H and O–H groups in total. The average Bonchev–Trinajstić information content (AvgIpc) is 2.92. The fourth-order valence-electron chi connectivity index (χ4n) is 5.94. The summed E-state index contributed by atoms with van der Waals surface area (Å²) in [6.45, 7) is 8.73. The van der Waals surface area contributed by atoms with Gasteiger partial charge in [0.2, 0.25) is 0 Å². The Bertz CT molecular complexity index is 891. The quantitative estimate of drug-likeness (QED) is 0.329. The Morgan fingerprint density at radius 2 is 1.76 bits per heavy atom. The van der Waals surface area contributed by atoms with E-state index in [2.05, 4.69) is 0 Å². The van der Waals surface area contributed by atoms with Crippen molar-refractivity contribution in [2.24, 2.45) is 23.7 Å². The molecule has 11 atom stereocenters. The van der Waals surface area contributed by atoms with E-state index >= 15 is 0 Å². The maximum Gasteiger partial charge on any atom is 0.308 e. The molecule has 0 aromatic carbocycles. The lowest BCUT2D eigenvalue weighted by atomic mass is 9.79. The molecular formula is C31H53NO9. The van der Waals surface area contributed by atoms with Crippen molar-refractivity contribution < 1.29 is 44.2 Å². The van der Waals surface area contributed by atoms with Crippen molar-refractivity contribution >= 4 is 11.8 Å². The van der Waals surface area contributed by atoms with Crippen LogP contribution in [-0.2, 0) is 23.8 Å². The van der Waals surface area contributed by atoms with Crippen LogP contribution in [0.2, 0.25) is 0 Å². The van der Waals surface area contributed by atoms with Crippen LogP contribution in [-0.4, -0.2) is 107 Å². The van der Waals surface area contributed by atoms with Gasteiger partial charge in [0.05, 0.1) is 31.3 Å². The predicted molar refractivity (Wildman–Crippen MR) is 155 cm³/mol. The van der Waals surface area contributed by atoms with Gasteiger partial charge in [0.1, 0.15) is 12.2 Å². The number of aliphatic hydroxyl groups is 4. The minimum Gasteiger partial charge on any atom is -0.462 e. The number of aliphatic hydroxyl groups excluding tert-OH is 4. The van der Waals surface area contributed by atoms with E-state index < -0.39 is 54.4 Å². The third kappa shape index (κ3) is 10.2. The molecule has 0 spiro atoms. The molecule has 1 fully saturated rings. The molecule has 2 heterocycles. The number of ketones is 1. The summed E-state index contributed by atoms with van der Waals surface area (Å²) >= 11 is 0. The van der Waals surface area contributed by atoms with Crippen molar-refractivity contribution in [3.05, 3.63) is 23.8 Å². The molecule has 0 aliphatic carbocycles. The molecule has 0 aromatic rings. The van der Waals surface area contributed by atoms with Crippen molar-refractivity contribution in [2.45, 2.75) is 110 Å². The largest absolute Gasteiger partial charge is 0.462 e. The Kier molecular flexibility index (Phi) is 14.6. The highest BCUT2D eigenvalue weighted by Crippen LogP contribution is 2.34. The molecule has 0 radical (unpaired) electrons. The van der Waals surface area contributed by atoms with Crippen molar-refractivity contribution in [1.29, 1.82) is 0 Å². The number of carbonyl (C=O) groups is 2. The Labute approximate surface area is 245 Å². The number of rotatable bonds is 7. The molecule has 2 aliphatic heterocycles. The second-order valence-corrected chi connectivity index (χ2v) is 12.1. The first-order valence-corrected chi connectivity index (χ1v) is 15.0. The van der Waals surface area contributed by atoms with Gasteiger partial charge in [0, 0.05) is 30.4 Å². The van der Waals surface area contributed by atoms with E-state index in [1.807, 2.05) is 46.7 Å². The molecule has 10 nitrogen and oxygen atoms in total. The summed E-state index contributed by atoms with van der Waals surface area (Å²) in [4.78, 5) is 28.0. The number of carbonyl (C=O) groups excluding carboxylic acids is 2. The smallest absolute Gasteiger partial charge is 0.308 e. The molecule has 0 bridgehead atoms. The minimum absolute atomic E-state index is 0.103. The highest BCUT2D eigenvalue weighted by Gasteiger charge is 2.43. The van der Waals surface area contributed by atoms with Crippen LogP contribution >= 0.6 is 0 Å². The van der Waals surface area contributed by atoms with E-state index in [0.29, 0.717) is 19.3 Å². The summed E-state index contributed by atoms with van der Waals surface area (Å²) in [6.07, 6.45) is 1.71. The monoisotopic (exact) mass is 583 g/mol. The number of allylic oxidation sites excluding steroid dienone is 3. The zero-order valence-corrected chi connectivity index (χ0v) is 25.8. The second-order valence-electron chi connectivity index (χ2n) is 12.1. The molecule has 0 saturated carbocycles. The molecule has 11 unspecified atom stereocenters. The van der Waals surface area contributed by atoms with Crippen LogP contribution in [0.3, 0.4) is 0 Å². The molecule has 0 amide bonds. The van der Waals surface area contributed by atoms with Gasteiger partial charge in [-0.05, 0) is 65.6 Å². The second kappa shape index (κ2) is 16.8. The van der Waals surface area contributed by atoms with Crippen molar-refractivity contribution in [3.63, 3.8) is 0 Å². The predicted octanol–water partition coefficient (Wildman–Crippen LogP) is 2.23. The summed E-state index contributed by atoms with van der Waals surface area (Å²) in [5.74, 6) is -2.61. The molecular weight excluding hydrogens is 530 g/mol. The number of esters is 1. The maximum absolute atomic E-state index is 13.1. The van der Waals surface area contributed by atoms with Gasteiger partial charge in [0.25, 0.3) is 0 Å². The molecule has 0 aromatic heterocycles. The van der Waals surface area contributed by atoms with E-state index in [4.69, 9.17) is 14.2 Å². The highest BCUT2D eigenvalue weighted by atomic mass is 16.7. The summed E-state index contributed by atoms with van der Waals surface area (Å²) in [5, 5.41) is 42.4. The van der Waals surface area contributed by atoms with E-state index in [9.17, 15) is 30.0 Å². The number of ether oxygens (including phenoxy) is 3. The topological polar surface area (TPSA) is 146 Å². The Hall–Kier alpha value is -1.66. The average molecular weight is 584 g/mol. The number of cyclic esters (lactones) is 1. The molecule has 2 rings (SSSR count). The minimum atomic E-state index is -1.17. The third-order valence-corrected chi connectivity index (χ3v) is 8.54. The molecule has 41 heavy (non-hydrogen) atoms. The van der Waals surface area contributed by atoms with Crippen LogP contribution in [0.5, 0.6) is 0 Å². The fourth-order valence-corrected chi connectivity index (χ4v) is 5.94. The van der Waals surface area contributed by atoms with E-state index in [1.165, 1.54) is 6.08 Å². The van der Waals surface area contributed by atoms with Gasteiger partial charge >= 0.3 is 5.97 Å². The van der Waals surface area contributed by atoms with Crippen LogP contribution in [0.4, 0.5) is 0 Å². The van der Waals surface area contributed by atoms with Gasteiger partial charge in [-0.25, -0.2) is 0 Å². The summed E-state index contributed by atoms with van der Waals surface area (Å²) < 4.78 is 18.2. The number of hydrogen-bond acceptors (Lipinski definition) is 10. The van der Waals surface area contributed by atoms with Gasteiger partial charge in [-0.2, -0.15) is 0 Å². The summed E-state index contributed by atoms with van der Waals surface area (Å²) in [5.41, 5.74) is 0.751. The van der Waals surface area contributed by atoms with Crippen LogP contribution in [0.25, 0.3) is 0 Å². The maximum atomic E-state index is 13.1. The fraction of sp³-hybridized carbons (Fsp3) is 0.806. The number of nitrogens with zero attached hydrogens (tertiary/aromatic N) is 1. The summed E-state index contributed by atoms with van der Waals surface area (Å²) in [6, 6.07) is -0.214. The van der Waals surface area contributed by atoms with Gasteiger partial charge in [-0.1, -0.05) is 38.5 Å². The zero-order chi connectivity index (χ0) is 30.9. The molecule has 2 aliphatic rings. The molecule has 10 heteroatoms. The van der Waals surface area contributed by atoms with Gasteiger partial charge in [0.15, 0.2) is 12.1 Å². The highest BCUT2D eigenvalue weighted by molar-refractivity contribution is 5.91. The van der Waals surface area contributed by atoms with Crippen LogP contribution in [0, 0.1) is 23.7 Å². The Balaban J connectivity index is 2.49. The number of hydrogen-bond donors (Lipinski definition) is 4. The van der Waals surface area contributed by atoms with Crippen LogP contribution < -0.4 is 0 Å². The number of likely N-dealkylation sites (N-methyl/N-ethyl adjacent to an activating group) is 1. The first-order chi connectivity index (χ1) is 19.3. The van der Waals surface area contributed by atoms with Gasteiger partial charge < -0.3 is 39.5 Å². The Morgan fingerprint density at radius 1 is 1.07 bits per heavy atom. The van der Waals surface area contributed by atoms with Gasteiger partial charge in [-0.15, -0.1) is 0 Å². The lowest BCUT2D eigenvalue weighted by Crippen LogP contribution is -2.56. The normalized spacial score (nSPS) is 38.5. The van der Waals surface area contributed by atoms with E-state index in [1.54, 1.807) is 19.1 Å². The standard InChI is InChI=1S/C31H53NO9/c1-8-27-23(17-34)13-18(2)9-10-25(35)19(3)14-22(11-12-33)30(21(5)26(36)16-28(37)40-27)41-31-29(38)24(32(6)7)15-20(4)39-31/h9-10,13,19-24,26-27,29-31,33-34,36,38H,8,11-12,14-17H2,1-7H3. The lowest BCUT2D eigenvalue weighted by molar-refractivity contribution is -0.283. The van der Waals surface area contributed by atoms with E-state index in [0.717, 1.165) is 5.57 Å². The first kappa shape index (κ1) is 35.5.